The van der Waals surface area contributed by atoms with Crippen LogP contribution >= 0.6 is 0 Å². The van der Waals surface area contributed by atoms with Gasteiger partial charge in [0.1, 0.15) is 5.58 Å². The van der Waals surface area contributed by atoms with Gasteiger partial charge in [-0.25, -0.2) is 0 Å². The first-order chi connectivity index (χ1) is 29.6. The topological polar surface area (TPSA) is 38.9 Å². The van der Waals surface area contributed by atoms with Gasteiger partial charge in [0.2, 0.25) is 0 Å². The Morgan fingerprint density at radius 2 is 1.53 bits per heavy atom. The smallest absolute Gasteiger partial charge is 0.128 e. The Morgan fingerprint density at radius 3 is 2.26 bits per heavy atom. The summed E-state index contributed by atoms with van der Waals surface area (Å²) >= 11 is 0. The fraction of sp³-hybridized carbons (Fsp3) is 0.296. The maximum atomic E-state index is 9.51. The maximum absolute atomic E-state index is 9.51. The molecular formula is C54H54IrN2O-2. The molecule has 9 rings (SSSR count). The summed E-state index contributed by atoms with van der Waals surface area (Å²) in [6, 6.07) is 43.4. The zero-order chi connectivity index (χ0) is 45.2. The van der Waals surface area contributed by atoms with Crippen molar-refractivity contribution in [1.29, 1.82) is 0 Å². The third-order valence-corrected chi connectivity index (χ3v) is 10.7. The minimum absolute atomic E-state index is 0. The Morgan fingerprint density at radius 1 is 0.793 bits per heavy atom. The average molecular weight is 945 g/mol. The molecule has 3 nitrogen and oxygen atoms in total. The van der Waals surface area contributed by atoms with Crippen LogP contribution in [0.1, 0.15) is 98.5 Å². The van der Waals surface area contributed by atoms with E-state index in [1.807, 2.05) is 75.5 Å². The summed E-state index contributed by atoms with van der Waals surface area (Å²) in [7, 11) is 0. The molecule has 0 bridgehead atoms. The van der Waals surface area contributed by atoms with Crippen LogP contribution in [0.5, 0.6) is 0 Å². The maximum Gasteiger partial charge on any atom is 0.128 e. The van der Waals surface area contributed by atoms with E-state index in [9.17, 15) is 1.37 Å². The van der Waals surface area contributed by atoms with E-state index in [1.165, 1.54) is 11.5 Å². The number of aryl methyl sites for hydroxylation is 1. The summed E-state index contributed by atoms with van der Waals surface area (Å²) in [6.45, 7) is 12.5. The normalized spacial score (nSPS) is 17.7. The Bertz CT molecular complexity index is 2930. The second-order valence-corrected chi connectivity index (χ2v) is 18.1. The Hall–Kier alpha value is -4.89. The van der Waals surface area contributed by atoms with Gasteiger partial charge >= 0.3 is 0 Å². The fourth-order valence-electron chi connectivity index (χ4n) is 8.85. The molecule has 5 aromatic carbocycles. The molecule has 4 heteroatoms. The average Bonchev–Trinajstić information content (AvgIpc) is 3.62. The molecule has 0 amide bonds. The third kappa shape index (κ3) is 9.05. The van der Waals surface area contributed by atoms with Crippen LogP contribution in [0, 0.1) is 35.2 Å². The summed E-state index contributed by atoms with van der Waals surface area (Å²) < 4.78 is 56.4. The number of hydrogen-bond acceptors (Lipinski definition) is 3. The van der Waals surface area contributed by atoms with E-state index in [2.05, 4.69) is 87.3 Å². The van der Waals surface area contributed by atoms with Crippen molar-refractivity contribution in [2.45, 2.75) is 86.8 Å². The first kappa shape index (κ1) is 34.0. The van der Waals surface area contributed by atoms with Gasteiger partial charge in [0.25, 0.3) is 0 Å². The number of pyridine rings is 2. The number of benzene rings is 5. The summed E-state index contributed by atoms with van der Waals surface area (Å²) in [5, 5.41) is 4.45. The standard InChI is InChI=1S/C31H30NO.C23H24N.Ir/c1-30(2)17-22(18-31(3,4)19-30)21-14-15-32-27(16-21)26-11-7-10-24-25-13-12-20-8-5-6-9-23(20)28(25)33-29(24)26;1-17-10-12-20(14-21(17)19-8-6-5-7-9-19)22-13-11-18(16-24-22)15-23(2,3)4;/h5-10,12-16,22H,17-19H2,1-4H3;5-11,13-14,16H,15H2,1-4H3;/q2*-1;/i22D;1D3,15D2;. The summed E-state index contributed by atoms with van der Waals surface area (Å²) in [5.74, 6) is -0.638. The molecule has 1 radical (unpaired) electrons. The molecule has 3 heterocycles. The molecular weight excluding hydrogens is 885 g/mol. The minimum Gasteiger partial charge on any atom is -0.500 e. The van der Waals surface area contributed by atoms with Crippen molar-refractivity contribution in [2.24, 2.45) is 16.2 Å². The van der Waals surface area contributed by atoms with Crippen LogP contribution in [0.25, 0.3) is 66.4 Å². The molecule has 1 fully saturated rings. The number of aromatic nitrogens is 2. The first-order valence-electron chi connectivity index (χ1n) is 22.9. The summed E-state index contributed by atoms with van der Waals surface area (Å²) in [5.41, 5.74) is 7.57. The molecule has 0 aliphatic heterocycles. The van der Waals surface area contributed by atoms with Crippen molar-refractivity contribution in [2.75, 3.05) is 0 Å². The molecule has 3 aromatic heterocycles. The van der Waals surface area contributed by atoms with E-state index >= 15 is 0 Å². The second kappa shape index (κ2) is 16.4. The molecule has 0 saturated heterocycles. The molecule has 0 unspecified atom stereocenters. The molecule has 1 aliphatic carbocycles. The van der Waals surface area contributed by atoms with Crippen LogP contribution in [0.15, 0.2) is 132 Å². The predicted octanol–water partition coefficient (Wildman–Crippen LogP) is 15.0. The second-order valence-electron chi connectivity index (χ2n) is 18.1. The van der Waals surface area contributed by atoms with Gasteiger partial charge in [-0.05, 0) is 81.7 Å². The van der Waals surface area contributed by atoms with Gasteiger partial charge < -0.3 is 14.4 Å². The van der Waals surface area contributed by atoms with Gasteiger partial charge in [-0.15, -0.1) is 47.5 Å². The van der Waals surface area contributed by atoms with Crippen molar-refractivity contribution in [3.63, 3.8) is 0 Å². The van der Waals surface area contributed by atoms with Crippen molar-refractivity contribution >= 4 is 32.7 Å². The third-order valence-electron chi connectivity index (χ3n) is 10.7. The molecule has 1 saturated carbocycles. The quantitative estimate of drug-likeness (QED) is 0.161. The first-order valence-corrected chi connectivity index (χ1v) is 19.9. The SMILES string of the molecule is [2H]C([2H])([2H])c1c[c-]c(-c2ccc(C([2H])([2H])C(C)(C)C)cn2)cc1-c1ccccc1.[2H]C1(c2ccnc(-c3[c-]ccc4c3oc3c5ccccc5ccc43)c2)CC(C)(C)CC(C)(C)C1.[Ir]. The largest absolute Gasteiger partial charge is 0.500 e. The number of nitrogens with zero attached hydrogens (tertiary/aromatic N) is 2. The number of fused-ring (bicyclic) bond motifs is 5. The van der Waals surface area contributed by atoms with Crippen molar-refractivity contribution in [3.8, 4) is 33.6 Å². The van der Waals surface area contributed by atoms with Gasteiger partial charge in [-0.3, -0.25) is 0 Å². The van der Waals surface area contributed by atoms with E-state index in [0.717, 1.165) is 69.0 Å². The predicted molar refractivity (Wildman–Crippen MR) is 239 cm³/mol. The van der Waals surface area contributed by atoms with E-state index in [1.54, 1.807) is 24.4 Å². The van der Waals surface area contributed by atoms with Gasteiger partial charge in [-0.1, -0.05) is 162 Å². The summed E-state index contributed by atoms with van der Waals surface area (Å²) in [6.07, 6.45) is 4.70. The number of furan rings is 1. The Labute approximate surface area is 367 Å². The van der Waals surface area contributed by atoms with Crippen LogP contribution in [-0.4, -0.2) is 9.97 Å². The molecule has 8 aromatic rings. The zero-order valence-corrected chi connectivity index (χ0v) is 36.8. The van der Waals surface area contributed by atoms with Crippen LogP contribution in [0.4, 0.5) is 0 Å². The Kier molecular flexibility index (Phi) is 9.62. The molecule has 58 heavy (non-hydrogen) atoms. The van der Waals surface area contributed by atoms with Crippen molar-refractivity contribution in [3.05, 3.63) is 156 Å². The van der Waals surface area contributed by atoms with Gasteiger partial charge in [0.15, 0.2) is 0 Å². The Balaban J connectivity index is 0.000000191. The van der Waals surface area contributed by atoms with Crippen LogP contribution in [-0.2, 0) is 26.5 Å². The van der Waals surface area contributed by atoms with Crippen LogP contribution < -0.4 is 0 Å². The molecule has 0 N–H and O–H groups in total. The number of hydrogen-bond donors (Lipinski definition) is 0. The van der Waals surface area contributed by atoms with Gasteiger partial charge in [0, 0.05) is 51.5 Å². The number of rotatable bonds is 5. The molecule has 1 aliphatic rings. The summed E-state index contributed by atoms with van der Waals surface area (Å²) in [4.78, 5) is 9.16. The molecule has 297 valence electrons. The molecule has 0 atom stereocenters. The minimum atomic E-state index is -2.25. The van der Waals surface area contributed by atoms with E-state index in [0.29, 0.717) is 22.4 Å². The van der Waals surface area contributed by atoms with Crippen molar-refractivity contribution < 1.29 is 32.7 Å². The van der Waals surface area contributed by atoms with E-state index in [4.69, 9.17) is 16.3 Å². The molecule has 0 spiro atoms. The van der Waals surface area contributed by atoms with Gasteiger partial charge in [-0.2, -0.15) is 0 Å². The van der Waals surface area contributed by atoms with Crippen LogP contribution in [0.3, 0.4) is 0 Å². The van der Waals surface area contributed by atoms with Crippen molar-refractivity contribution in [1.82, 2.24) is 9.97 Å². The fourth-order valence-corrected chi connectivity index (χ4v) is 8.85. The van der Waals surface area contributed by atoms with E-state index < -0.39 is 24.5 Å². The van der Waals surface area contributed by atoms with Gasteiger partial charge in [0.05, 0.1) is 5.58 Å². The zero-order valence-electron chi connectivity index (χ0n) is 40.4. The monoisotopic (exact) mass is 945 g/mol. The van der Waals surface area contributed by atoms with E-state index in [-0.39, 0.29) is 36.5 Å². The van der Waals surface area contributed by atoms with Crippen LogP contribution in [0.2, 0.25) is 0 Å².